The Morgan fingerprint density at radius 3 is 2.68 bits per heavy atom. The number of hydrogen-bond donors (Lipinski definition) is 2. The van der Waals surface area contributed by atoms with E-state index in [1.165, 1.54) is 11.0 Å². The van der Waals surface area contributed by atoms with Crippen LogP contribution in [0.4, 0.5) is 5.69 Å². The van der Waals surface area contributed by atoms with E-state index in [2.05, 4.69) is 20.8 Å². The van der Waals surface area contributed by atoms with Crippen LogP contribution >= 0.6 is 0 Å². The van der Waals surface area contributed by atoms with Gasteiger partial charge in [-0.15, -0.1) is 5.10 Å². The van der Waals surface area contributed by atoms with Gasteiger partial charge in [-0.2, -0.15) is 9.90 Å². The molecule has 1 unspecified atom stereocenters. The highest BCUT2D eigenvalue weighted by Crippen LogP contribution is 2.21. The Kier molecular flexibility index (Phi) is 5.31. The topological polar surface area (TPSA) is 90.3 Å². The maximum atomic E-state index is 12.5. The number of aromatic nitrogens is 3. The summed E-state index contributed by atoms with van der Waals surface area (Å²) in [6.45, 7) is 2.37. The summed E-state index contributed by atoms with van der Waals surface area (Å²) in [5.41, 5.74) is 2.75. The van der Waals surface area contributed by atoms with Crippen LogP contribution in [0.5, 0.6) is 5.75 Å². The van der Waals surface area contributed by atoms with Crippen molar-refractivity contribution in [3.63, 3.8) is 0 Å². The predicted octanol–water partition coefficient (Wildman–Crippen LogP) is 2.19. The highest BCUT2D eigenvalue weighted by molar-refractivity contribution is 6.02. The van der Waals surface area contributed by atoms with Crippen molar-refractivity contribution < 1.29 is 14.3 Å². The number of nitrogens with zero attached hydrogens (tertiary/aromatic N) is 3. The molecule has 0 saturated carbocycles. The van der Waals surface area contributed by atoms with Crippen molar-refractivity contribution in [1.82, 2.24) is 20.3 Å². The van der Waals surface area contributed by atoms with Gasteiger partial charge in [-0.3, -0.25) is 4.79 Å². The minimum Gasteiger partial charge on any atom is -0.497 e. The van der Waals surface area contributed by atoms with E-state index in [9.17, 15) is 4.79 Å². The number of anilines is 1. The van der Waals surface area contributed by atoms with Gasteiger partial charge in [0.15, 0.2) is 5.69 Å². The van der Waals surface area contributed by atoms with Crippen LogP contribution < -0.4 is 15.4 Å². The van der Waals surface area contributed by atoms with Crippen LogP contribution in [0.25, 0.3) is 5.69 Å². The Hall–Kier alpha value is -3.23. The average Bonchev–Trinajstić information content (AvgIpc) is 3.25. The maximum Gasteiger partial charge on any atom is 0.277 e. The number of amides is 1. The third-order valence-electron chi connectivity index (χ3n) is 4.50. The minimum absolute atomic E-state index is 0.0443. The second kappa shape index (κ2) is 8.20. The molecule has 1 amide bonds. The first kappa shape index (κ1) is 18.1. The van der Waals surface area contributed by atoms with Crippen molar-refractivity contribution in [3.05, 3.63) is 66.0 Å². The molecule has 4 rings (SSSR count). The zero-order valence-electron chi connectivity index (χ0n) is 15.5. The van der Waals surface area contributed by atoms with Crippen LogP contribution in [0.1, 0.15) is 22.2 Å². The van der Waals surface area contributed by atoms with Crippen molar-refractivity contribution >= 4 is 11.6 Å². The summed E-state index contributed by atoms with van der Waals surface area (Å²) in [6, 6.07) is 14.9. The lowest BCUT2D eigenvalue weighted by atomic mass is 10.1. The quantitative estimate of drug-likeness (QED) is 0.706. The molecule has 8 heteroatoms. The number of rotatable bonds is 5. The number of carbonyl (C=O) groups excluding carboxylic acids is 1. The SMILES string of the molecule is COc1ccc(-n2ncc(C(=O)Nc3ccc(C4CNCCO4)cc3)n2)cc1. The number of benzene rings is 2. The van der Waals surface area contributed by atoms with E-state index in [4.69, 9.17) is 9.47 Å². The van der Waals surface area contributed by atoms with Gasteiger partial charge in [-0.25, -0.2) is 0 Å². The number of morpholine rings is 1. The molecule has 8 nitrogen and oxygen atoms in total. The molecule has 1 atom stereocenters. The molecule has 1 aliphatic heterocycles. The van der Waals surface area contributed by atoms with Gasteiger partial charge >= 0.3 is 0 Å². The fourth-order valence-electron chi connectivity index (χ4n) is 2.96. The summed E-state index contributed by atoms with van der Waals surface area (Å²) in [5, 5.41) is 14.6. The summed E-state index contributed by atoms with van der Waals surface area (Å²) in [4.78, 5) is 13.9. The Morgan fingerprint density at radius 1 is 1.21 bits per heavy atom. The third kappa shape index (κ3) is 4.03. The summed E-state index contributed by atoms with van der Waals surface area (Å²) in [6.07, 6.45) is 1.48. The number of nitrogens with one attached hydrogen (secondary N) is 2. The van der Waals surface area contributed by atoms with Gasteiger partial charge in [0.2, 0.25) is 0 Å². The van der Waals surface area contributed by atoms with Crippen molar-refractivity contribution in [2.45, 2.75) is 6.10 Å². The Bertz CT molecular complexity index is 931. The second-order valence-corrected chi connectivity index (χ2v) is 6.36. The van der Waals surface area contributed by atoms with Gasteiger partial charge in [0.1, 0.15) is 5.75 Å². The fraction of sp³-hybridized carbons (Fsp3) is 0.250. The molecule has 1 aromatic heterocycles. The first-order valence-corrected chi connectivity index (χ1v) is 9.03. The summed E-state index contributed by atoms with van der Waals surface area (Å²) in [5.74, 6) is 0.426. The van der Waals surface area contributed by atoms with Crippen LogP contribution in [0.3, 0.4) is 0 Å². The van der Waals surface area contributed by atoms with Gasteiger partial charge in [0, 0.05) is 18.8 Å². The van der Waals surface area contributed by atoms with Crippen molar-refractivity contribution in [1.29, 1.82) is 0 Å². The number of hydrogen-bond acceptors (Lipinski definition) is 6. The molecule has 0 spiro atoms. The largest absolute Gasteiger partial charge is 0.497 e. The molecule has 0 aliphatic carbocycles. The van der Waals surface area contributed by atoms with E-state index in [1.807, 2.05) is 48.5 Å². The van der Waals surface area contributed by atoms with E-state index in [0.717, 1.165) is 30.1 Å². The number of carbonyl (C=O) groups is 1. The summed E-state index contributed by atoms with van der Waals surface area (Å²) >= 11 is 0. The van der Waals surface area contributed by atoms with E-state index in [0.29, 0.717) is 12.3 Å². The zero-order valence-corrected chi connectivity index (χ0v) is 15.5. The first-order valence-electron chi connectivity index (χ1n) is 9.03. The normalized spacial score (nSPS) is 16.5. The van der Waals surface area contributed by atoms with Gasteiger partial charge in [-0.1, -0.05) is 12.1 Å². The zero-order chi connectivity index (χ0) is 19.3. The first-order chi connectivity index (χ1) is 13.7. The second-order valence-electron chi connectivity index (χ2n) is 6.36. The van der Waals surface area contributed by atoms with Crippen LogP contribution in [-0.4, -0.2) is 47.7 Å². The van der Waals surface area contributed by atoms with Crippen molar-refractivity contribution in [2.24, 2.45) is 0 Å². The highest BCUT2D eigenvalue weighted by Gasteiger charge is 2.16. The molecule has 0 bridgehead atoms. The Balaban J connectivity index is 1.41. The van der Waals surface area contributed by atoms with E-state index >= 15 is 0 Å². The fourth-order valence-corrected chi connectivity index (χ4v) is 2.96. The molecule has 28 heavy (non-hydrogen) atoms. The smallest absolute Gasteiger partial charge is 0.277 e. The van der Waals surface area contributed by atoms with Gasteiger partial charge in [0.25, 0.3) is 5.91 Å². The standard InChI is InChI=1S/C20H21N5O3/c1-27-17-8-6-16(7-9-17)25-22-12-18(24-25)20(26)23-15-4-2-14(3-5-15)19-13-21-10-11-28-19/h2-9,12,19,21H,10-11,13H2,1H3,(H,23,26). The molecule has 0 radical (unpaired) electrons. The number of ether oxygens (including phenoxy) is 2. The van der Waals surface area contributed by atoms with E-state index < -0.39 is 0 Å². The lowest BCUT2D eigenvalue weighted by molar-refractivity contribution is 0.0277. The van der Waals surface area contributed by atoms with Crippen LogP contribution in [0, 0.1) is 0 Å². The average molecular weight is 379 g/mol. The molecule has 2 N–H and O–H groups in total. The van der Waals surface area contributed by atoms with Crippen LogP contribution in [-0.2, 0) is 4.74 Å². The monoisotopic (exact) mass is 379 g/mol. The Labute approximate surface area is 162 Å². The lowest BCUT2D eigenvalue weighted by Crippen LogP contribution is -2.33. The minimum atomic E-state index is -0.317. The van der Waals surface area contributed by atoms with E-state index in [-0.39, 0.29) is 17.7 Å². The van der Waals surface area contributed by atoms with Crippen LogP contribution in [0.15, 0.2) is 54.7 Å². The maximum absolute atomic E-state index is 12.5. The molecule has 1 saturated heterocycles. The molecular weight excluding hydrogens is 358 g/mol. The van der Waals surface area contributed by atoms with Crippen LogP contribution in [0.2, 0.25) is 0 Å². The molecule has 144 valence electrons. The van der Waals surface area contributed by atoms with Crippen molar-refractivity contribution in [3.8, 4) is 11.4 Å². The molecule has 2 aromatic carbocycles. The molecule has 1 aliphatic rings. The van der Waals surface area contributed by atoms with E-state index in [1.54, 1.807) is 7.11 Å². The molecular formula is C20H21N5O3. The predicted molar refractivity (Wildman–Crippen MR) is 104 cm³/mol. The van der Waals surface area contributed by atoms with Gasteiger partial charge in [-0.05, 0) is 42.0 Å². The molecule has 1 fully saturated rings. The third-order valence-corrected chi connectivity index (χ3v) is 4.50. The van der Waals surface area contributed by atoms with Gasteiger partial charge in [0.05, 0.1) is 31.7 Å². The molecule has 3 aromatic rings. The van der Waals surface area contributed by atoms with Crippen molar-refractivity contribution in [2.75, 3.05) is 32.1 Å². The summed E-state index contributed by atoms with van der Waals surface area (Å²) in [7, 11) is 1.61. The van der Waals surface area contributed by atoms with Gasteiger partial charge < -0.3 is 20.1 Å². The highest BCUT2D eigenvalue weighted by atomic mass is 16.5. The Morgan fingerprint density at radius 2 is 2.00 bits per heavy atom. The number of methoxy groups -OCH3 is 1. The summed E-state index contributed by atoms with van der Waals surface area (Å²) < 4.78 is 10.9. The molecule has 2 heterocycles. The lowest BCUT2D eigenvalue weighted by Gasteiger charge is -2.24.